The maximum atomic E-state index is 10.1. The SMILES string of the molecule is CCC(C)(O)CNc1ccc2nnc(-c3ccccc3)n2n1. The Labute approximate surface area is 128 Å². The minimum Gasteiger partial charge on any atom is -0.388 e. The number of benzene rings is 1. The van der Waals surface area contributed by atoms with Crippen LogP contribution in [0.3, 0.4) is 0 Å². The van der Waals surface area contributed by atoms with Crippen LogP contribution >= 0.6 is 0 Å². The first-order valence-corrected chi connectivity index (χ1v) is 7.33. The number of anilines is 1. The van der Waals surface area contributed by atoms with Gasteiger partial charge in [0.25, 0.3) is 0 Å². The normalized spacial score (nSPS) is 14.0. The third-order valence-corrected chi connectivity index (χ3v) is 3.71. The second-order valence-corrected chi connectivity index (χ2v) is 5.58. The molecule has 6 nitrogen and oxygen atoms in total. The minimum atomic E-state index is -0.758. The van der Waals surface area contributed by atoms with Crippen LogP contribution in [-0.4, -0.2) is 37.1 Å². The molecule has 6 heteroatoms. The van der Waals surface area contributed by atoms with Crippen molar-refractivity contribution in [2.45, 2.75) is 25.9 Å². The lowest BCUT2D eigenvalue weighted by Gasteiger charge is -2.21. The Hall–Kier alpha value is -2.47. The van der Waals surface area contributed by atoms with Crippen molar-refractivity contribution in [3.8, 4) is 11.4 Å². The summed E-state index contributed by atoms with van der Waals surface area (Å²) in [4.78, 5) is 0. The van der Waals surface area contributed by atoms with Gasteiger partial charge in [0.05, 0.1) is 5.60 Å². The smallest absolute Gasteiger partial charge is 0.185 e. The minimum absolute atomic E-state index is 0.435. The van der Waals surface area contributed by atoms with Crippen molar-refractivity contribution < 1.29 is 5.11 Å². The van der Waals surface area contributed by atoms with Crippen LogP contribution in [0.1, 0.15) is 20.3 Å². The molecule has 0 amide bonds. The van der Waals surface area contributed by atoms with E-state index in [0.717, 1.165) is 5.56 Å². The second kappa shape index (κ2) is 5.73. The zero-order valence-electron chi connectivity index (χ0n) is 12.7. The number of nitrogens with one attached hydrogen (secondary N) is 1. The van der Waals surface area contributed by atoms with E-state index in [4.69, 9.17) is 0 Å². The van der Waals surface area contributed by atoms with Crippen LogP contribution in [0.25, 0.3) is 17.0 Å². The van der Waals surface area contributed by atoms with E-state index < -0.39 is 5.60 Å². The number of hydrogen-bond acceptors (Lipinski definition) is 5. The number of rotatable bonds is 5. The summed E-state index contributed by atoms with van der Waals surface area (Å²) in [5.74, 6) is 1.37. The zero-order valence-corrected chi connectivity index (χ0v) is 12.7. The summed E-state index contributed by atoms with van der Waals surface area (Å²) in [7, 11) is 0. The average Bonchev–Trinajstić information content (AvgIpc) is 2.97. The maximum Gasteiger partial charge on any atom is 0.185 e. The predicted octanol–water partition coefficient (Wildman–Crippen LogP) is 2.36. The second-order valence-electron chi connectivity index (χ2n) is 5.58. The Morgan fingerprint density at radius 2 is 1.91 bits per heavy atom. The summed E-state index contributed by atoms with van der Waals surface area (Å²) < 4.78 is 1.71. The molecule has 114 valence electrons. The predicted molar refractivity (Wildman–Crippen MR) is 85.6 cm³/mol. The van der Waals surface area contributed by atoms with Crippen LogP contribution < -0.4 is 5.32 Å². The molecule has 22 heavy (non-hydrogen) atoms. The van der Waals surface area contributed by atoms with Gasteiger partial charge >= 0.3 is 0 Å². The zero-order chi connectivity index (χ0) is 15.6. The van der Waals surface area contributed by atoms with Crippen molar-refractivity contribution in [3.05, 3.63) is 42.5 Å². The molecule has 0 aliphatic rings. The average molecular weight is 297 g/mol. The Morgan fingerprint density at radius 1 is 1.14 bits per heavy atom. The van der Waals surface area contributed by atoms with Gasteiger partial charge in [-0.1, -0.05) is 37.3 Å². The summed E-state index contributed by atoms with van der Waals surface area (Å²) in [6.45, 7) is 4.18. The van der Waals surface area contributed by atoms with E-state index >= 15 is 0 Å². The molecule has 1 atom stereocenters. The van der Waals surface area contributed by atoms with E-state index in [1.807, 2.05) is 49.4 Å². The number of aromatic nitrogens is 4. The molecule has 0 saturated heterocycles. The van der Waals surface area contributed by atoms with E-state index in [1.165, 1.54) is 0 Å². The van der Waals surface area contributed by atoms with E-state index in [0.29, 0.717) is 30.3 Å². The van der Waals surface area contributed by atoms with Gasteiger partial charge in [0.15, 0.2) is 11.5 Å². The van der Waals surface area contributed by atoms with Gasteiger partial charge in [0, 0.05) is 12.1 Å². The van der Waals surface area contributed by atoms with Crippen molar-refractivity contribution >= 4 is 11.5 Å². The first kappa shape index (κ1) is 14.5. The molecule has 1 unspecified atom stereocenters. The lowest BCUT2D eigenvalue weighted by atomic mass is 10.0. The fourth-order valence-corrected chi connectivity index (χ4v) is 2.06. The molecule has 0 radical (unpaired) electrons. The monoisotopic (exact) mass is 297 g/mol. The molecule has 0 fully saturated rings. The van der Waals surface area contributed by atoms with Gasteiger partial charge in [-0.25, -0.2) is 0 Å². The molecule has 0 bridgehead atoms. The van der Waals surface area contributed by atoms with Crippen LogP contribution in [0.2, 0.25) is 0 Å². The molecule has 0 spiro atoms. The third-order valence-electron chi connectivity index (χ3n) is 3.71. The molecule has 0 aliphatic carbocycles. The van der Waals surface area contributed by atoms with Crippen molar-refractivity contribution in [3.63, 3.8) is 0 Å². The van der Waals surface area contributed by atoms with Gasteiger partial charge in [-0.15, -0.1) is 15.3 Å². The molecule has 1 aromatic carbocycles. The molecule has 3 aromatic rings. The Morgan fingerprint density at radius 3 is 2.64 bits per heavy atom. The van der Waals surface area contributed by atoms with Crippen molar-refractivity contribution in [1.82, 2.24) is 19.8 Å². The van der Waals surface area contributed by atoms with E-state index in [-0.39, 0.29) is 0 Å². The van der Waals surface area contributed by atoms with E-state index in [2.05, 4.69) is 20.6 Å². The van der Waals surface area contributed by atoms with Crippen molar-refractivity contribution in [1.29, 1.82) is 0 Å². The van der Waals surface area contributed by atoms with Crippen LogP contribution in [0.4, 0.5) is 5.82 Å². The first-order chi connectivity index (χ1) is 10.6. The van der Waals surface area contributed by atoms with Gasteiger partial charge in [0.1, 0.15) is 5.82 Å². The molecular weight excluding hydrogens is 278 g/mol. The number of nitrogens with zero attached hydrogens (tertiary/aromatic N) is 4. The summed E-state index contributed by atoms with van der Waals surface area (Å²) in [6, 6.07) is 13.5. The van der Waals surface area contributed by atoms with Gasteiger partial charge < -0.3 is 10.4 Å². The first-order valence-electron chi connectivity index (χ1n) is 7.33. The lowest BCUT2D eigenvalue weighted by molar-refractivity contribution is 0.0696. The quantitative estimate of drug-likeness (QED) is 0.756. The summed E-state index contributed by atoms with van der Waals surface area (Å²) in [5.41, 5.74) is 0.887. The van der Waals surface area contributed by atoms with Crippen molar-refractivity contribution in [2.24, 2.45) is 0 Å². The third kappa shape index (κ3) is 2.92. The highest BCUT2D eigenvalue weighted by Gasteiger charge is 2.17. The standard InChI is InChI=1S/C16H19N5O/c1-3-16(2,22)11-17-13-9-10-14-18-19-15(21(14)20-13)12-7-5-4-6-8-12/h4-10,22H,3,11H2,1-2H3,(H,17,20). The highest BCUT2D eigenvalue weighted by Crippen LogP contribution is 2.18. The van der Waals surface area contributed by atoms with Gasteiger partial charge in [-0.2, -0.15) is 4.52 Å². The highest BCUT2D eigenvalue weighted by atomic mass is 16.3. The highest BCUT2D eigenvalue weighted by molar-refractivity contribution is 5.59. The van der Waals surface area contributed by atoms with Crippen LogP contribution in [0.5, 0.6) is 0 Å². The van der Waals surface area contributed by atoms with Crippen LogP contribution in [0, 0.1) is 0 Å². The van der Waals surface area contributed by atoms with E-state index in [1.54, 1.807) is 11.4 Å². The molecule has 2 heterocycles. The topological polar surface area (TPSA) is 75.3 Å². The Balaban J connectivity index is 1.92. The molecule has 0 saturated carbocycles. The number of aliphatic hydroxyl groups is 1. The van der Waals surface area contributed by atoms with E-state index in [9.17, 15) is 5.11 Å². The Bertz CT molecular complexity index is 767. The fraction of sp³-hybridized carbons (Fsp3) is 0.312. The van der Waals surface area contributed by atoms with Crippen LogP contribution in [0.15, 0.2) is 42.5 Å². The summed E-state index contributed by atoms with van der Waals surface area (Å²) >= 11 is 0. The van der Waals surface area contributed by atoms with Gasteiger partial charge in [-0.05, 0) is 25.5 Å². The van der Waals surface area contributed by atoms with Crippen molar-refractivity contribution in [2.75, 3.05) is 11.9 Å². The Kier molecular flexibility index (Phi) is 3.77. The number of fused-ring (bicyclic) bond motifs is 1. The molecular formula is C16H19N5O. The largest absolute Gasteiger partial charge is 0.388 e. The molecule has 3 rings (SSSR count). The van der Waals surface area contributed by atoms with Gasteiger partial charge in [0.2, 0.25) is 0 Å². The van der Waals surface area contributed by atoms with Crippen LogP contribution in [-0.2, 0) is 0 Å². The summed E-state index contributed by atoms with van der Waals surface area (Å²) in [5, 5.41) is 26.1. The summed E-state index contributed by atoms with van der Waals surface area (Å²) in [6.07, 6.45) is 0.671. The molecule has 0 aliphatic heterocycles. The molecule has 2 N–H and O–H groups in total. The number of hydrogen-bond donors (Lipinski definition) is 2. The fourth-order valence-electron chi connectivity index (χ4n) is 2.06. The molecule has 2 aromatic heterocycles. The lowest BCUT2D eigenvalue weighted by Crippen LogP contribution is -2.32. The maximum absolute atomic E-state index is 10.1. The van der Waals surface area contributed by atoms with Gasteiger partial charge in [-0.3, -0.25) is 0 Å².